The molecule has 1 fully saturated rings. The number of aryl methyl sites for hydroxylation is 1. The third kappa shape index (κ3) is 4.21. The lowest BCUT2D eigenvalue weighted by atomic mass is 9.77. The van der Waals surface area contributed by atoms with Gasteiger partial charge in [-0.2, -0.15) is 0 Å². The van der Waals surface area contributed by atoms with Crippen LogP contribution in [0.5, 0.6) is 0 Å². The molecule has 4 nitrogen and oxygen atoms in total. The minimum atomic E-state index is -0.512. The Morgan fingerprint density at radius 1 is 1.25 bits per heavy atom. The summed E-state index contributed by atoms with van der Waals surface area (Å²) in [7, 11) is -0.512. The van der Waals surface area contributed by atoms with Crippen molar-refractivity contribution in [2.45, 2.75) is 52.7 Å². The first-order chi connectivity index (χ1) is 11.0. The van der Waals surface area contributed by atoms with Crippen molar-refractivity contribution >= 4 is 30.7 Å². The van der Waals surface area contributed by atoms with Gasteiger partial charge >= 0.3 is 7.12 Å². The van der Waals surface area contributed by atoms with Gasteiger partial charge in [-0.15, -0.1) is 0 Å². The van der Waals surface area contributed by atoms with Gasteiger partial charge in [-0.1, -0.05) is 29.8 Å². The standard InChI is InChI=1S/C18H25BClNO3/c1-12-7-8-14(10-16(12)20)9-15(11-21-13(2)22)19-23-17(3,4)18(5,6)24-19/h7-10H,11H2,1-6H3,(H,21,22). The summed E-state index contributed by atoms with van der Waals surface area (Å²) >= 11 is 6.21. The van der Waals surface area contributed by atoms with Gasteiger partial charge in [-0.25, -0.2) is 0 Å². The Kier molecular flexibility index (Phi) is 5.48. The van der Waals surface area contributed by atoms with E-state index >= 15 is 0 Å². The predicted molar refractivity (Wildman–Crippen MR) is 98.9 cm³/mol. The quantitative estimate of drug-likeness (QED) is 0.841. The van der Waals surface area contributed by atoms with E-state index in [0.29, 0.717) is 11.6 Å². The SMILES string of the molecule is CC(=O)NCC(=Cc1ccc(C)c(Cl)c1)B1OC(C)(C)C(C)(C)O1. The van der Waals surface area contributed by atoms with E-state index in [1.54, 1.807) is 0 Å². The molecular formula is C18H25BClNO3. The molecule has 1 aromatic carbocycles. The van der Waals surface area contributed by atoms with Gasteiger partial charge in [0, 0.05) is 18.5 Å². The molecule has 1 N–H and O–H groups in total. The maximum Gasteiger partial charge on any atom is 0.492 e. The zero-order valence-corrected chi connectivity index (χ0v) is 16.0. The van der Waals surface area contributed by atoms with Gasteiger partial charge in [0.05, 0.1) is 11.2 Å². The molecule has 1 aliphatic heterocycles. The van der Waals surface area contributed by atoms with Crippen molar-refractivity contribution in [3.63, 3.8) is 0 Å². The molecule has 0 unspecified atom stereocenters. The Bertz CT molecular complexity index is 654. The van der Waals surface area contributed by atoms with E-state index in [-0.39, 0.29) is 5.91 Å². The van der Waals surface area contributed by atoms with Crippen LogP contribution >= 0.6 is 11.6 Å². The van der Waals surface area contributed by atoms with Crippen molar-refractivity contribution in [2.24, 2.45) is 0 Å². The highest BCUT2D eigenvalue weighted by molar-refractivity contribution is 6.56. The Labute approximate surface area is 149 Å². The van der Waals surface area contributed by atoms with Gasteiger partial charge in [-0.3, -0.25) is 4.79 Å². The molecule has 6 heteroatoms. The summed E-state index contributed by atoms with van der Waals surface area (Å²) in [4.78, 5) is 11.3. The molecule has 1 saturated heterocycles. The van der Waals surface area contributed by atoms with Gasteiger partial charge in [-0.05, 0) is 57.3 Å². The number of halogens is 1. The summed E-state index contributed by atoms with van der Waals surface area (Å²) in [5, 5.41) is 3.53. The van der Waals surface area contributed by atoms with Crippen LogP contribution in [0.2, 0.25) is 5.02 Å². The zero-order valence-electron chi connectivity index (χ0n) is 15.2. The van der Waals surface area contributed by atoms with Crippen LogP contribution in [0.1, 0.15) is 45.7 Å². The lowest BCUT2D eigenvalue weighted by Crippen LogP contribution is -2.41. The average Bonchev–Trinajstić information content (AvgIpc) is 2.67. The van der Waals surface area contributed by atoms with Crippen LogP contribution in [-0.2, 0) is 14.1 Å². The number of hydrogen-bond donors (Lipinski definition) is 1. The molecule has 0 aromatic heterocycles. The lowest BCUT2D eigenvalue weighted by molar-refractivity contribution is -0.118. The van der Waals surface area contributed by atoms with Crippen LogP contribution in [0.25, 0.3) is 6.08 Å². The Hall–Kier alpha value is -1.30. The molecule has 0 bridgehead atoms. The fraction of sp³-hybridized carbons (Fsp3) is 0.500. The molecule has 1 heterocycles. The third-order valence-corrected chi connectivity index (χ3v) is 5.05. The number of hydrogen-bond acceptors (Lipinski definition) is 3. The van der Waals surface area contributed by atoms with Crippen molar-refractivity contribution in [3.05, 3.63) is 39.8 Å². The van der Waals surface area contributed by atoms with Gasteiger partial charge in [0.1, 0.15) is 0 Å². The number of carbonyl (C=O) groups is 1. The second-order valence-corrected chi connectivity index (χ2v) is 7.63. The van der Waals surface area contributed by atoms with Crippen molar-refractivity contribution < 1.29 is 14.1 Å². The topological polar surface area (TPSA) is 47.6 Å². The van der Waals surface area contributed by atoms with Crippen molar-refractivity contribution in [3.8, 4) is 0 Å². The number of carbonyl (C=O) groups excluding carboxylic acids is 1. The zero-order chi connectivity index (χ0) is 18.1. The highest BCUT2D eigenvalue weighted by Crippen LogP contribution is 2.38. The molecule has 1 aliphatic rings. The number of nitrogens with one attached hydrogen (secondary N) is 1. The van der Waals surface area contributed by atoms with Gasteiger partial charge in [0.2, 0.25) is 5.91 Å². The summed E-state index contributed by atoms with van der Waals surface area (Å²) in [6, 6.07) is 5.85. The first kappa shape index (κ1) is 19.0. The van der Waals surface area contributed by atoms with E-state index < -0.39 is 18.3 Å². The summed E-state index contributed by atoms with van der Waals surface area (Å²) < 4.78 is 12.2. The minimum Gasteiger partial charge on any atom is -0.400 e. The normalized spacial score (nSPS) is 19.5. The molecule has 0 atom stereocenters. The highest BCUT2D eigenvalue weighted by Gasteiger charge is 2.52. The second kappa shape index (κ2) is 6.91. The smallest absolute Gasteiger partial charge is 0.400 e. The Morgan fingerprint density at radius 3 is 2.33 bits per heavy atom. The van der Waals surface area contributed by atoms with E-state index in [9.17, 15) is 4.79 Å². The summed E-state index contributed by atoms with van der Waals surface area (Å²) in [5.41, 5.74) is 1.95. The summed E-state index contributed by atoms with van der Waals surface area (Å²) in [6.07, 6.45) is 1.96. The van der Waals surface area contributed by atoms with E-state index in [0.717, 1.165) is 16.6 Å². The Morgan fingerprint density at radius 2 is 1.83 bits per heavy atom. The first-order valence-electron chi connectivity index (χ1n) is 8.08. The summed E-state index contributed by atoms with van der Waals surface area (Å²) in [5.74, 6) is -0.0978. The van der Waals surface area contributed by atoms with Crippen molar-refractivity contribution in [1.29, 1.82) is 0 Å². The predicted octanol–water partition coefficient (Wildman–Crippen LogP) is 3.80. The second-order valence-electron chi connectivity index (χ2n) is 7.23. The molecule has 0 radical (unpaired) electrons. The maximum absolute atomic E-state index is 11.3. The monoisotopic (exact) mass is 349 g/mol. The van der Waals surface area contributed by atoms with Crippen molar-refractivity contribution in [1.82, 2.24) is 5.32 Å². The Balaban J connectivity index is 2.33. The number of rotatable bonds is 4. The molecule has 2 rings (SSSR count). The van der Waals surface area contributed by atoms with E-state index in [2.05, 4.69) is 5.32 Å². The van der Waals surface area contributed by atoms with E-state index in [1.807, 2.05) is 58.9 Å². The molecule has 0 aliphatic carbocycles. The van der Waals surface area contributed by atoms with Crippen LogP contribution < -0.4 is 5.32 Å². The van der Waals surface area contributed by atoms with E-state index in [1.165, 1.54) is 6.92 Å². The van der Waals surface area contributed by atoms with Crippen LogP contribution in [0, 0.1) is 6.92 Å². The van der Waals surface area contributed by atoms with E-state index in [4.69, 9.17) is 20.9 Å². The first-order valence-corrected chi connectivity index (χ1v) is 8.46. The molecular weight excluding hydrogens is 324 g/mol. The van der Waals surface area contributed by atoms with Crippen LogP contribution in [0.15, 0.2) is 23.7 Å². The van der Waals surface area contributed by atoms with Crippen LogP contribution in [-0.4, -0.2) is 30.8 Å². The van der Waals surface area contributed by atoms with Crippen LogP contribution in [0.3, 0.4) is 0 Å². The number of benzene rings is 1. The van der Waals surface area contributed by atoms with Crippen molar-refractivity contribution in [2.75, 3.05) is 6.54 Å². The molecule has 130 valence electrons. The molecule has 1 amide bonds. The van der Waals surface area contributed by atoms with Crippen LogP contribution in [0.4, 0.5) is 0 Å². The van der Waals surface area contributed by atoms with Gasteiger partial charge in [0.15, 0.2) is 0 Å². The largest absolute Gasteiger partial charge is 0.492 e. The lowest BCUT2D eigenvalue weighted by Gasteiger charge is -2.32. The molecule has 0 saturated carbocycles. The summed E-state index contributed by atoms with van der Waals surface area (Å²) in [6.45, 7) is 11.8. The molecule has 0 spiro atoms. The fourth-order valence-corrected chi connectivity index (χ4v) is 2.53. The van der Waals surface area contributed by atoms with Gasteiger partial charge < -0.3 is 14.6 Å². The average molecular weight is 350 g/mol. The number of amides is 1. The maximum atomic E-state index is 11.3. The minimum absolute atomic E-state index is 0.0978. The molecule has 24 heavy (non-hydrogen) atoms. The van der Waals surface area contributed by atoms with Gasteiger partial charge in [0.25, 0.3) is 0 Å². The third-order valence-electron chi connectivity index (χ3n) is 4.65. The molecule has 1 aromatic rings. The highest BCUT2D eigenvalue weighted by atomic mass is 35.5. The fourth-order valence-electron chi connectivity index (χ4n) is 2.34.